The van der Waals surface area contributed by atoms with Crippen LogP contribution >= 0.6 is 27.7 Å². The SMILES string of the molecule is CCOC(=O)c1cc2c(cc1Br)n1c([n+]2CCCCS(=O)(=O)NC(C)=O)C(=CC=C2SCCN2CC)CC1.[Br-]. The number of fused-ring (bicyclic) bond motifs is 3. The Labute approximate surface area is 253 Å². The number of carbonyl (C=O) groups is 2. The minimum atomic E-state index is -3.65. The largest absolute Gasteiger partial charge is 1.00 e. The van der Waals surface area contributed by atoms with Gasteiger partial charge in [0.15, 0.2) is 11.0 Å². The van der Waals surface area contributed by atoms with E-state index in [1.807, 2.05) is 28.6 Å². The molecule has 13 heteroatoms. The zero-order valence-corrected chi connectivity index (χ0v) is 27.1. The minimum Gasteiger partial charge on any atom is -1.00 e. The molecule has 4 rings (SSSR count). The van der Waals surface area contributed by atoms with E-state index in [9.17, 15) is 18.0 Å². The molecule has 0 aliphatic carbocycles. The first-order valence-electron chi connectivity index (χ1n) is 12.9. The summed E-state index contributed by atoms with van der Waals surface area (Å²) in [5.74, 6) is 1.06. The fourth-order valence-corrected chi connectivity index (χ4v) is 7.66. The molecular weight excluding hydrogens is 672 g/mol. The predicted molar refractivity (Wildman–Crippen MR) is 153 cm³/mol. The molecule has 0 atom stereocenters. The molecule has 1 fully saturated rings. The van der Waals surface area contributed by atoms with E-state index in [0.717, 1.165) is 48.7 Å². The molecule has 0 bridgehead atoms. The number of ether oxygens (including phenoxy) is 1. The Morgan fingerprint density at radius 2 is 1.97 bits per heavy atom. The van der Waals surface area contributed by atoms with Crippen LogP contribution in [0.5, 0.6) is 0 Å². The predicted octanol–water partition coefficient (Wildman–Crippen LogP) is 0.815. The molecule has 3 heterocycles. The van der Waals surface area contributed by atoms with Crippen LogP contribution in [0.15, 0.2) is 33.8 Å². The maximum absolute atomic E-state index is 12.6. The van der Waals surface area contributed by atoms with E-state index in [1.165, 1.54) is 17.5 Å². The quantitative estimate of drug-likeness (QED) is 0.222. The number of hydrogen-bond donors (Lipinski definition) is 1. The molecular formula is C26H34Br2N4O5S2. The van der Waals surface area contributed by atoms with Crippen molar-refractivity contribution >= 4 is 66.2 Å². The number of sulfonamides is 1. The lowest BCUT2D eigenvalue weighted by Crippen LogP contribution is -3.00. The van der Waals surface area contributed by atoms with Gasteiger partial charge in [0.2, 0.25) is 15.9 Å². The summed E-state index contributed by atoms with van der Waals surface area (Å²) < 4.78 is 36.7. The Balaban J connectivity index is 0.00000420. The van der Waals surface area contributed by atoms with E-state index >= 15 is 0 Å². The van der Waals surface area contributed by atoms with Crippen molar-refractivity contribution < 1.29 is 44.3 Å². The molecule has 0 saturated carbocycles. The number of aromatic nitrogens is 2. The Kier molecular flexibility index (Phi) is 11.1. The molecule has 1 saturated heterocycles. The van der Waals surface area contributed by atoms with E-state index < -0.39 is 15.9 Å². The van der Waals surface area contributed by atoms with Crippen LogP contribution in [0.1, 0.15) is 56.2 Å². The van der Waals surface area contributed by atoms with Crippen LogP contribution in [0.25, 0.3) is 16.6 Å². The second-order valence-corrected chi connectivity index (χ2v) is 13.0. The Morgan fingerprint density at radius 1 is 1.21 bits per heavy atom. The van der Waals surface area contributed by atoms with Gasteiger partial charge in [-0.3, -0.25) is 9.52 Å². The third-order valence-corrected chi connectivity index (χ3v) is 9.78. The van der Waals surface area contributed by atoms with Crippen LogP contribution in [0.2, 0.25) is 0 Å². The lowest BCUT2D eigenvalue weighted by atomic mass is 10.1. The smallest absolute Gasteiger partial charge is 0.339 e. The van der Waals surface area contributed by atoms with Crippen LogP contribution in [-0.2, 0) is 32.6 Å². The van der Waals surface area contributed by atoms with E-state index in [0.29, 0.717) is 29.4 Å². The molecule has 0 radical (unpaired) electrons. The molecule has 1 aromatic carbocycles. The van der Waals surface area contributed by atoms with Gasteiger partial charge in [-0.15, -0.1) is 11.8 Å². The fraction of sp³-hybridized carbons (Fsp3) is 0.500. The van der Waals surface area contributed by atoms with Gasteiger partial charge in [0.1, 0.15) is 0 Å². The zero-order valence-electron chi connectivity index (χ0n) is 22.3. The summed E-state index contributed by atoms with van der Waals surface area (Å²) in [6.45, 7) is 8.85. The average molecular weight is 707 g/mol. The number of benzene rings is 1. The van der Waals surface area contributed by atoms with E-state index in [1.54, 1.807) is 6.92 Å². The zero-order chi connectivity index (χ0) is 27.4. The van der Waals surface area contributed by atoms with Gasteiger partial charge < -0.3 is 26.6 Å². The lowest BCUT2D eigenvalue weighted by molar-refractivity contribution is -0.674. The van der Waals surface area contributed by atoms with Gasteiger partial charge in [-0.1, -0.05) is 0 Å². The molecule has 0 unspecified atom stereocenters. The molecule has 2 aliphatic rings. The maximum atomic E-state index is 12.6. The third-order valence-electron chi connectivity index (χ3n) is 6.62. The molecule has 9 nitrogen and oxygen atoms in total. The van der Waals surface area contributed by atoms with Crippen molar-refractivity contribution in [3.8, 4) is 0 Å². The number of unbranched alkanes of at least 4 members (excludes halogenated alkanes) is 1. The number of halogens is 2. The standard InChI is InChI=1S/C26H33BrN4O5S2.BrH/c1-4-29-13-14-37-24(29)9-8-19-10-12-31-23-17-21(27)20(26(33)36-5-2)16-22(23)30(25(19)31)11-6-7-15-38(34,35)28-18(3)32;/h8-9,16-17H,4-7,10-15H2,1-3H3;1H. The van der Waals surface area contributed by atoms with Gasteiger partial charge in [-0.05, 0) is 54.8 Å². The van der Waals surface area contributed by atoms with Crippen LogP contribution < -0.4 is 26.3 Å². The number of imidazole rings is 1. The number of aryl methyl sites for hydroxylation is 2. The summed E-state index contributed by atoms with van der Waals surface area (Å²) in [4.78, 5) is 26.2. The van der Waals surface area contributed by atoms with E-state index in [2.05, 4.69) is 49.0 Å². The first-order valence-corrected chi connectivity index (χ1v) is 16.3. The number of amides is 1. The number of thioether (sulfide) groups is 1. The Morgan fingerprint density at radius 3 is 2.67 bits per heavy atom. The first-order chi connectivity index (χ1) is 18.1. The van der Waals surface area contributed by atoms with Crippen molar-refractivity contribution in [1.29, 1.82) is 0 Å². The highest BCUT2D eigenvalue weighted by molar-refractivity contribution is 9.10. The summed E-state index contributed by atoms with van der Waals surface area (Å²) in [5.41, 5.74) is 3.57. The topological polar surface area (TPSA) is 102 Å². The van der Waals surface area contributed by atoms with Crippen LogP contribution in [-0.4, -0.2) is 61.0 Å². The van der Waals surface area contributed by atoms with Gasteiger partial charge in [-0.2, -0.15) is 0 Å². The summed E-state index contributed by atoms with van der Waals surface area (Å²) in [5, 5.41) is 1.27. The monoisotopic (exact) mass is 704 g/mol. The van der Waals surface area contributed by atoms with Gasteiger partial charge in [0.05, 0.1) is 36.0 Å². The highest BCUT2D eigenvalue weighted by Crippen LogP contribution is 2.34. The molecule has 2 aliphatic heterocycles. The molecule has 2 aromatic rings. The van der Waals surface area contributed by atoms with Crippen molar-refractivity contribution in [2.45, 2.75) is 53.1 Å². The number of esters is 1. The third kappa shape index (κ3) is 7.28. The van der Waals surface area contributed by atoms with Gasteiger partial charge >= 0.3 is 5.97 Å². The van der Waals surface area contributed by atoms with Crippen LogP contribution in [0, 0.1) is 0 Å². The number of nitrogens with one attached hydrogen (secondary N) is 1. The van der Waals surface area contributed by atoms with E-state index in [-0.39, 0.29) is 35.3 Å². The summed E-state index contributed by atoms with van der Waals surface area (Å²) in [7, 11) is -3.65. The number of carbonyl (C=O) groups excluding carboxylic acids is 2. The molecule has 39 heavy (non-hydrogen) atoms. The van der Waals surface area contributed by atoms with Crippen molar-refractivity contribution in [3.63, 3.8) is 0 Å². The fourth-order valence-electron chi connectivity index (χ4n) is 4.96. The average Bonchev–Trinajstić information content (AvgIpc) is 3.55. The Hall–Kier alpha value is -1.83. The normalized spacial score (nSPS) is 17.1. The highest BCUT2D eigenvalue weighted by atomic mass is 79.9. The molecule has 0 spiro atoms. The van der Waals surface area contributed by atoms with Crippen molar-refractivity contribution in [3.05, 3.63) is 45.2 Å². The van der Waals surface area contributed by atoms with Gasteiger partial charge in [-0.25, -0.2) is 22.3 Å². The molecule has 214 valence electrons. The van der Waals surface area contributed by atoms with Crippen molar-refractivity contribution in [2.24, 2.45) is 0 Å². The van der Waals surface area contributed by atoms with E-state index in [4.69, 9.17) is 4.74 Å². The Bertz CT molecular complexity index is 1420. The van der Waals surface area contributed by atoms with Crippen molar-refractivity contribution in [1.82, 2.24) is 14.2 Å². The number of nitrogens with zero attached hydrogens (tertiary/aromatic N) is 3. The number of allylic oxidation sites excluding steroid dienone is 3. The number of hydrogen-bond acceptors (Lipinski definition) is 7. The first kappa shape index (κ1) is 31.7. The summed E-state index contributed by atoms with van der Waals surface area (Å²) in [6.07, 6.45) is 6.28. The van der Waals surface area contributed by atoms with Crippen LogP contribution in [0.3, 0.4) is 0 Å². The number of rotatable bonds is 10. The minimum absolute atomic E-state index is 0. The summed E-state index contributed by atoms with van der Waals surface area (Å²) >= 11 is 5.43. The maximum Gasteiger partial charge on any atom is 0.339 e. The second kappa shape index (κ2) is 13.7. The summed E-state index contributed by atoms with van der Waals surface area (Å²) in [6, 6.07) is 3.83. The second-order valence-electron chi connectivity index (χ2n) is 9.23. The van der Waals surface area contributed by atoms with Gasteiger partial charge in [0, 0.05) is 54.4 Å². The van der Waals surface area contributed by atoms with Crippen molar-refractivity contribution in [2.75, 3.05) is 31.2 Å². The molecule has 1 amide bonds. The molecule has 1 N–H and O–H groups in total. The lowest BCUT2D eigenvalue weighted by Gasteiger charge is -2.15. The van der Waals surface area contributed by atoms with Gasteiger partial charge in [0.25, 0.3) is 5.82 Å². The highest BCUT2D eigenvalue weighted by Gasteiger charge is 2.34. The molecule has 1 aromatic heterocycles. The van der Waals surface area contributed by atoms with Crippen LogP contribution in [0.4, 0.5) is 0 Å².